The fraction of sp³-hybridized carbons (Fsp3) is 0.200. The smallest absolute Gasteiger partial charge is 0.151 e. The maximum absolute atomic E-state index is 5.87. The number of nitrogens with two attached hydrogens (primary N) is 1. The fourth-order valence-electron chi connectivity index (χ4n) is 2.31. The lowest BCUT2D eigenvalue weighted by Gasteiger charge is -2.04. The van der Waals surface area contributed by atoms with E-state index in [1.54, 1.807) is 0 Å². The van der Waals surface area contributed by atoms with Crippen LogP contribution in [0.5, 0.6) is 0 Å². The maximum Gasteiger partial charge on any atom is 0.151 e. The second kappa shape index (κ2) is 4.35. The van der Waals surface area contributed by atoms with Crippen molar-refractivity contribution in [3.63, 3.8) is 0 Å². The van der Waals surface area contributed by atoms with Crippen molar-refractivity contribution >= 4 is 11.0 Å². The topological polar surface area (TPSA) is 44.1 Å². The molecule has 3 aromatic rings. The largest absolute Gasteiger partial charge is 0.455 e. The van der Waals surface area contributed by atoms with Crippen molar-refractivity contribution in [2.24, 2.45) is 12.8 Å². The first-order valence-corrected chi connectivity index (χ1v) is 6.13. The molecule has 3 heteroatoms. The molecule has 0 unspecified atom stereocenters. The summed E-state index contributed by atoms with van der Waals surface area (Å²) in [6.45, 7) is 0.664. The molecule has 3 nitrogen and oxygen atoms in total. The first kappa shape index (κ1) is 11.1. The average Bonchev–Trinajstić information content (AvgIpc) is 2.94. The minimum absolute atomic E-state index is 0.664. The summed E-state index contributed by atoms with van der Waals surface area (Å²) in [4.78, 5) is 0. The van der Waals surface area contributed by atoms with E-state index in [4.69, 9.17) is 10.2 Å². The molecule has 0 aliphatic heterocycles. The minimum Gasteiger partial charge on any atom is -0.455 e. The highest BCUT2D eigenvalue weighted by Crippen LogP contribution is 2.28. The van der Waals surface area contributed by atoms with Crippen LogP contribution in [0, 0.1) is 0 Å². The number of para-hydroxylation sites is 1. The monoisotopic (exact) mass is 240 g/mol. The van der Waals surface area contributed by atoms with E-state index in [-0.39, 0.29) is 0 Å². The first-order chi connectivity index (χ1) is 8.79. The Hall–Kier alpha value is -2.00. The lowest BCUT2D eigenvalue weighted by atomic mass is 10.2. The molecule has 0 spiro atoms. The lowest BCUT2D eigenvalue weighted by Crippen LogP contribution is -2.06. The predicted molar refractivity (Wildman–Crippen MR) is 73.4 cm³/mol. The summed E-state index contributed by atoms with van der Waals surface area (Å²) in [6.07, 6.45) is 0.886. The van der Waals surface area contributed by atoms with Gasteiger partial charge in [-0.1, -0.05) is 18.2 Å². The molecule has 0 bridgehead atoms. The maximum atomic E-state index is 5.87. The quantitative estimate of drug-likeness (QED) is 0.765. The van der Waals surface area contributed by atoms with Crippen LogP contribution in [0.25, 0.3) is 22.4 Å². The standard InChI is InChI=1S/C15H16N2O/c1-17-12(8-9-16)6-7-13(17)15-10-11-4-2-3-5-14(11)18-15/h2-7,10H,8-9,16H2,1H3. The van der Waals surface area contributed by atoms with Gasteiger partial charge in [-0.25, -0.2) is 0 Å². The Morgan fingerprint density at radius 1 is 1.17 bits per heavy atom. The Kier molecular flexibility index (Phi) is 2.68. The zero-order valence-corrected chi connectivity index (χ0v) is 10.4. The van der Waals surface area contributed by atoms with Crippen LogP contribution in [-0.4, -0.2) is 11.1 Å². The third-order valence-electron chi connectivity index (χ3n) is 3.30. The molecule has 0 aliphatic carbocycles. The van der Waals surface area contributed by atoms with E-state index >= 15 is 0 Å². The molecule has 0 saturated carbocycles. The van der Waals surface area contributed by atoms with Crippen LogP contribution in [0.15, 0.2) is 46.9 Å². The zero-order valence-electron chi connectivity index (χ0n) is 10.4. The van der Waals surface area contributed by atoms with Crippen molar-refractivity contribution < 1.29 is 4.42 Å². The number of fused-ring (bicyclic) bond motifs is 1. The van der Waals surface area contributed by atoms with Gasteiger partial charge in [0.1, 0.15) is 5.58 Å². The first-order valence-electron chi connectivity index (χ1n) is 6.13. The van der Waals surface area contributed by atoms with E-state index in [0.717, 1.165) is 28.8 Å². The van der Waals surface area contributed by atoms with Gasteiger partial charge in [-0.15, -0.1) is 0 Å². The molecule has 0 aliphatic rings. The van der Waals surface area contributed by atoms with Crippen molar-refractivity contribution in [3.8, 4) is 11.5 Å². The molecule has 18 heavy (non-hydrogen) atoms. The molecule has 0 amide bonds. The van der Waals surface area contributed by atoms with Crippen LogP contribution in [0.1, 0.15) is 5.69 Å². The molecule has 1 aromatic carbocycles. The van der Waals surface area contributed by atoms with Gasteiger partial charge >= 0.3 is 0 Å². The Morgan fingerprint density at radius 3 is 2.78 bits per heavy atom. The van der Waals surface area contributed by atoms with Gasteiger partial charge in [0, 0.05) is 18.1 Å². The highest BCUT2D eigenvalue weighted by Gasteiger charge is 2.10. The number of hydrogen-bond acceptors (Lipinski definition) is 2. The van der Waals surface area contributed by atoms with Crippen molar-refractivity contribution in [2.75, 3.05) is 6.54 Å². The minimum atomic E-state index is 0.664. The number of benzene rings is 1. The van der Waals surface area contributed by atoms with Crippen LogP contribution in [0.3, 0.4) is 0 Å². The highest BCUT2D eigenvalue weighted by molar-refractivity contribution is 5.82. The van der Waals surface area contributed by atoms with Crippen LogP contribution >= 0.6 is 0 Å². The lowest BCUT2D eigenvalue weighted by molar-refractivity contribution is 0.622. The number of hydrogen-bond donors (Lipinski definition) is 1. The van der Waals surface area contributed by atoms with Gasteiger partial charge < -0.3 is 14.7 Å². The molecular formula is C15H16N2O. The predicted octanol–water partition coefficient (Wildman–Crippen LogP) is 2.94. The van der Waals surface area contributed by atoms with Gasteiger partial charge in [0.15, 0.2) is 5.76 Å². The summed E-state index contributed by atoms with van der Waals surface area (Å²) in [5, 5.41) is 1.13. The molecule has 92 valence electrons. The van der Waals surface area contributed by atoms with E-state index in [1.165, 1.54) is 5.69 Å². The van der Waals surface area contributed by atoms with Gasteiger partial charge in [0.25, 0.3) is 0 Å². The number of aromatic nitrogens is 1. The van der Waals surface area contributed by atoms with E-state index < -0.39 is 0 Å². The Balaban J connectivity index is 2.08. The summed E-state index contributed by atoms with van der Waals surface area (Å²) >= 11 is 0. The van der Waals surface area contributed by atoms with E-state index in [1.807, 2.05) is 25.2 Å². The molecule has 0 radical (unpaired) electrons. The van der Waals surface area contributed by atoms with Crippen molar-refractivity contribution in [2.45, 2.75) is 6.42 Å². The molecular weight excluding hydrogens is 224 g/mol. The Bertz CT molecular complexity index is 646. The average molecular weight is 240 g/mol. The second-order valence-corrected chi connectivity index (χ2v) is 4.46. The normalized spacial score (nSPS) is 11.2. The summed E-state index contributed by atoms with van der Waals surface area (Å²) in [7, 11) is 2.05. The third-order valence-corrected chi connectivity index (χ3v) is 3.30. The summed E-state index contributed by atoms with van der Waals surface area (Å²) in [6, 6.07) is 14.3. The molecule has 3 rings (SSSR count). The number of furan rings is 1. The van der Waals surface area contributed by atoms with Crippen LogP contribution in [0.2, 0.25) is 0 Å². The van der Waals surface area contributed by atoms with Gasteiger partial charge in [-0.05, 0) is 37.2 Å². The molecule has 0 atom stereocenters. The van der Waals surface area contributed by atoms with Crippen LogP contribution in [0.4, 0.5) is 0 Å². The SMILES string of the molecule is Cn1c(CCN)ccc1-c1cc2ccccc2o1. The van der Waals surface area contributed by atoms with Crippen molar-refractivity contribution in [3.05, 3.63) is 48.2 Å². The van der Waals surface area contributed by atoms with Crippen molar-refractivity contribution in [1.29, 1.82) is 0 Å². The summed E-state index contributed by atoms with van der Waals surface area (Å²) in [5.74, 6) is 0.905. The van der Waals surface area contributed by atoms with Gasteiger partial charge in [-0.3, -0.25) is 0 Å². The molecule has 2 heterocycles. The Labute approximate surface area is 106 Å². The van der Waals surface area contributed by atoms with E-state index in [9.17, 15) is 0 Å². The van der Waals surface area contributed by atoms with E-state index in [2.05, 4.69) is 28.8 Å². The number of rotatable bonds is 3. The van der Waals surface area contributed by atoms with E-state index in [0.29, 0.717) is 6.54 Å². The molecule has 0 fully saturated rings. The zero-order chi connectivity index (χ0) is 12.5. The number of nitrogens with zero attached hydrogens (tertiary/aromatic N) is 1. The van der Waals surface area contributed by atoms with Crippen molar-refractivity contribution in [1.82, 2.24) is 4.57 Å². The van der Waals surface area contributed by atoms with Crippen LogP contribution in [-0.2, 0) is 13.5 Å². The van der Waals surface area contributed by atoms with Gasteiger partial charge in [0.05, 0.1) is 5.69 Å². The molecule has 0 saturated heterocycles. The van der Waals surface area contributed by atoms with Gasteiger partial charge in [-0.2, -0.15) is 0 Å². The summed E-state index contributed by atoms with van der Waals surface area (Å²) < 4.78 is 8.02. The van der Waals surface area contributed by atoms with Crippen LogP contribution < -0.4 is 5.73 Å². The Morgan fingerprint density at radius 2 is 2.00 bits per heavy atom. The fourth-order valence-corrected chi connectivity index (χ4v) is 2.31. The molecule has 2 aromatic heterocycles. The second-order valence-electron chi connectivity index (χ2n) is 4.46. The van der Waals surface area contributed by atoms with Gasteiger partial charge in [0.2, 0.25) is 0 Å². The third kappa shape index (κ3) is 1.73. The highest BCUT2D eigenvalue weighted by atomic mass is 16.3. The summed E-state index contributed by atoms with van der Waals surface area (Å²) in [5.41, 5.74) is 8.85. The molecule has 2 N–H and O–H groups in total.